The molecule has 0 bridgehead atoms. The average Bonchev–Trinajstić information content (AvgIpc) is 2.49. The lowest BCUT2D eigenvalue weighted by molar-refractivity contribution is 0.191. The van der Waals surface area contributed by atoms with E-state index in [0.717, 1.165) is 13.0 Å². The highest BCUT2D eigenvalue weighted by Crippen LogP contribution is 1.95. The van der Waals surface area contributed by atoms with Gasteiger partial charge in [0, 0.05) is 18.9 Å². The molecule has 1 atom stereocenters. The molecule has 3 nitrogen and oxygen atoms in total. The summed E-state index contributed by atoms with van der Waals surface area (Å²) in [7, 11) is 0. The van der Waals surface area contributed by atoms with E-state index in [4.69, 9.17) is 5.11 Å². The Morgan fingerprint density at radius 1 is 1.67 bits per heavy atom. The minimum absolute atomic E-state index is 0.253. The van der Waals surface area contributed by atoms with Gasteiger partial charge in [0.1, 0.15) is 0 Å². The Labute approximate surface area is 72.8 Å². The third kappa shape index (κ3) is 3.55. The van der Waals surface area contributed by atoms with Crippen LogP contribution < -0.4 is 5.32 Å². The molecular formula is C9H16N2O. The minimum Gasteiger partial charge on any atom is -0.392 e. The van der Waals surface area contributed by atoms with Gasteiger partial charge >= 0.3 is 0 Å². The van der Waals surface area contributed by atoms with Gasteiger partial charge in [-0.15, -0.1) is 0 Å². The van der Waals surface area contributed by atoms with Gasteiger partial charge in [-0.1, -0.05) is 0 Å². The highest BCUT2D eigenvalue weighted by Gasteiger charge is 1.94. The number of aromatic nitrogens is 1. The Morgan fingerprint density at radius 2 is 2.50 bits per heavy atom. The van der Waals surface area contributed by atoms with Crippen LogP contribution in [0.15, 0.2) is 18.5 Å². The summed E-state index contributed by atoms with van der Waals surface area (Å²) in [6.07, 6.45) is 4.67. The van der Waals surface area contributed by atoms with Gasteiger partial charge in [-0.05, 0) is 31.5 Å². The second kappa shape index (κ2) is 4.95. The molecule has 3 heteroatoms. The first-order valence-corrected chi connectivity index (χ1v) is 4.29. The van der Waals surface area contributed by atoms with Crippen molar-refractivity contribution in [3.8, 4) is 0 Å². The Balaban J connectivity index is 2.04. The van der Waals surface area contributed by atoms with Crippen molar-refractivity contribution < 1.29 is 5.11 Å². The normalized spacial score (nSPS) is 13.2. The quantitative estimate of drug-likeness (QED) is 0.562. The smallest absolute Gasteiger partial charge is 0.0636 e. The standard InChI is InChI=1S/C9H16N2O/c1-8(12)6-10-4-2-9-3-5-11-7-9/h3,5,7-8,10-12H,2,4,6H2,1H3. The maximum Gasteiger partial charge on any atom is 0.0636 e. The summed E-state index contributed by atoms with van der Waals surface area (Å²) in [6, 6.07) is 2.06. The summed E-state index contributed by atoms with van der Waals surface area (Å²) < 4.78 is 0. The van der Waals surface area contributed by atoms with E-state index < -0.39 is 0 Å². The van der Waals surface area contributed by atoms with Crippen molar-refractivity contribution in [2.45, 2.75) is 19.4 Å². The van der Waals surface area contributed by atoms with Crippen LogP contribution in [0.3, 0.4) is 0 Å². The third-order valence-electron chi connectivity index (χ3n) is 1.69. The van der Waals surface area contributed by atoms with Crippen LogP contribution in [-0.2, 0) is 6.42 Å². The van der Waals surface area contributed by atoms with Crippen LogP contribution in [0.1, 0.15) is 12.5 Å². The van der Waals surface area contributed by atoms with E-state index in [-0.39, 0.29) is 6.10 Å². The molecule has 12 heavy (non-hydrogen) atoms. The van der Waals surface area contributed by atoms with E-state index in [2.05, 4.69) is 16.4 Å². The van der Waals surface area contributed by atoms with Crippen LogP contribution in [-0.4, -0.2) is 29.3 Å². The zero-order valence-electron chi connectivity index (χ0n) is 7.38. The van der Waals surface area contributed by atoms with E-state index in [1.165, 1.54) is 5.56 Å². The first kappa shape index (κ1) is 9.29. The number of rotatable bonds is 5. The zero-order valence-corrected chi connectivity index (χ0v) is 7.38. The molecule has 0 saturated carbocycles. The van der Waals surface area contributed by atoms with E-state index in [9.17, 15) is 0 Å². The van der Waals surface area contributed by atoms with Crippen LogP contribution in [0, 0.1) is 0 Å². The molecule has 68 valence electrons. The molecule has 0 spiro atoms. The van der Waals surface area contributed by atoms with Crippen molar-refractivity contribution in [1.82, 2.24) is 10.3 Å². The van der Waals surface area contributed by atoms with Crippen molar-refractivity contribution in [2.24, 2.45) is 0 Å². The highest BCUT2D eigenvalue weighted by atomic mass is 16.3. The number of aromatic amines is 1. The Hall–Kier alpha value is -0.800. The van der Waals surface area contributed by atoms with Crippen LogP contribution in [0.2, 0.25) is 0 Å². The molecule has 0 saturated heterocycles. The molecule has 0 fully saturated rings. The van der Waals surface area contributed by atoms with Gasteiger partial charge in [-0.3, -0.25) is 0 Å². The molecule has 0 radical (unpaired) electrons. The number of hydrogen-bond donors (Lipinski definition) is 3. The maximum atomic E-state index is 8.94. The summed E-state index contributed by atoms with van der Waals surface area (Å²) in [5, 5.41) is 12.1. The largest absolute Gasteiger partial charge is 0.392 e. The number of hydrogen-bond acceptors (Lipinski definition) is 2. The SMILES string of the molecule is CC(O)CNCCc1cc[nH]c1. The van der Waals surface area contributed by atoms with Crippen molar-refractivity contribution in [3.05, 3.63) is 24.0 Å². The predicted molar refractivity (Wildman–Crippen MR) is 49.0 cm³/mol. The van der Waals surface area contributed by atoms with Gasteiger partial charge < -0.3 is 15.4 Å². The van der Waals surface area contributed by atoms with E-state index >= 15 is 0 Å². The molecule has 0 aliphatic carbocycles. The monoisotopic (exact) mass is 168 g/mol. The number of nitrogens with one attached hydrogen (secondary N) is 2. The summed E-state index contributed by atoms with van der Waals surface area (Å²) in [5.74, 6) is 0. The first-order chi connectivity index (χ1) is 5.79. The Kier molecular flexibility index (Phi) is 3.84. The van der Waals surface area contributed by atoms with Gasteiger partial charge in [-0.25, -0.2) is 0 Å². The van der Waals surface area contributed by atoms with Gasteiger partial charge in [0.05, 0.1) is 6.10 Å². The molecule has 0 aromatic carbocycles. The lowest BCUT2D eigenvalue weighted by Gasteiger charge is -2.05. The number of H-pyrrole nitrogens is 1. The van der Waals surface area contributed by atoms with Crippen molar-refractivity contribution in [3.63, 3.8) is 0 Å². The lowest BCUT2D eigenvalue weighted by atomic mass is 10.2. The summed E-state index contributed by atoms with van der Waals surface area (Å²) >= 11 is 0. The molecule has 0 amide bonds. The number of aliphatic hydroxyl groups excluding tert-OH is 1. The maximum absolute atomic E-state index is 8.94. The Bertz CT molecular complexity index is 194. The van der Waals surface area contributed by atoms with Gasteiger partial charge in [0.15, 0.2) is 0 Å². The van der Waals surface area contributed by atoms with Gasteiger partial charge in [0.2, 0.25) is 0 Å². The molecule has 1 unspecified atom stereocenters. The average molecular weight is 168 g/mol. The van der Waals surface area contributed by atoms with Crippen LogP contribution in [0.4, 0.5) is 0 Å². The molecule has 1 heterocycles. The lowest BCUT2D eigenvalue weighted by Crippen LogP contribution is -2.26. The van der Waals surface area contributed by atoms with Crippen molar-refractivity contribution >= 4 is 0 Å². The van der Waals surface area contributed by atoms with Gasteiger partial charge in [-0.2, -0.15) is 0 Å². The fourth-order valence-electron chi connectivity index (χ4n) is 1.06. The van der Waals surface area contributed by atoms with Crippen LogP contribution in [0.5, 0.6) is 0 Å². The number of aliphatic hydroxyl groups is 1. The molecule has 1 rings (SSSR count). The molecule has 3 N–H and O–H groups in total. The molecule has 0 aliphatic rings. The molecular weight excluding hydrogens is 152 g/mol. The highest BCUT2D eigenvalue weighted by molar-refractivity contribution is 5.08. The van der Waals surface area contributed by atoms with E-state index in [1.807, 2.05) is 12.4 Å². The van der Waals surface area contributed by atoms with Crippen LogP contribution in [0.25, 0.3) is 0 Å². The second-order valence-corrected chi connectivity index (χ2v) is 3.02. The fourth-order valence-corrected chi connectivity index (χ4v) is 1.06. The minimum atomic E-state index is -0.253. The first-order valence-electron chi connectivity index (χ1n) is 4.29. The van der Waals surface area contributed by atoms with Crippen molar-refractivity contribution in [1.29, 1.82) is 0 Å². The summed E-state index contributed by atoms with van der Waals surface area (Å²) in [6.45, 7) is 3.37. The van der Waals surface area contributed by atoms with Gasteiger partial charge in [0.25, 0.3) is 0 Å². The summed E-state index contributed by atoms with van der Waals surface area (Å²) in [5.41, 5.74) is 1.30. The second-order valence-electron chi connectivity index (χ2n) is 3.02. The summed E-state index contributed by atoms with van der Waals surface area (Å²) in [4.78, 5) is 3.00. The molecule has 1 aromatic heterocycles. The Morgan fingerprint density at radius 3 is 3.08 bits per heavy atom. The molecule has 1 aromatic rings. The predicted octanol–water partition coefficient (Wildman–Crippen LogP) is 0.528. The van der Waals surface area contributed by atoms with E-state index in [1.54, 1.807) is 6.92 Å². The van der Waals surface area contributed by atoms with Crippen molar-refractivity contribution in [2.75, 3.05) is 13.1 Å². The third-order valence-corrected chi connectivity index (χ3v) is 1.69. The zero-order chi connectivity index (χ0) is 8.81. The van der Waals surface area contributed by atoms with Crippen LogP contribution >= 0.6 is 0 Å². The molecule has 0 aliphatic heterocycles. The fraction of sp³-hybridized carbons (Fsp3) is 0.556. The van der Waals surface area contributed by atoms with E-state index in [0.29, 0.717) is 6.54 Å². The topological polar surface area (TPSA) is 48.0 Å².